The predicted molar refractivity (Wildman–Crippen MR) is 215 cm³/mol. The summed E-state index contributed by atoms with van der Waals surface area (Å²) in [6.07, 6.45) is 0. The second kappa shape index (κ2) is 11.6. The number of hydrogen-bond donors (Lipinski definition) is 0. The van der Waals surface area contributed by atoms with Crippen LogP contribution >= 0.6 is 294 Å². The van der Waals surface area contributed by atoms with Gasteiger partial charge in [0.2, 0.25) is 0.760 Å². The molecule has 0 heterocycles. The first-order chi connectivity index (χ1) is 10.1. The third kappa shape index (κ3) is 6.58. The van der Waals surface area contributed by atoms with Gasteiger partial charge in [0.25, 0.3) is 10.1 Å². The van der Waals surface area contributed by atoms with Crippen LogP contribution in [0, 0.1) is 0 Å². The summed E-state index contributed by atoms with van der Waals surface area (Å²) in [4.78, 5) is 0. The molecular weight excluding hydrogens is 1810 g/mol. The summed E-state index contributed by atoms with van der Waals surface area (Å²) >= 11 is 30.7. The lowest BCUT2D eigenvalue weighted by Gasteiger charge is -2.53. The summed E-state index contributed by atoms with van der Waals surface area (Å²) in [5.41, 5.74) is 0. The molecule has 0 unspecified atom stereocenters. The van der Waals surface area contributed by atoms with E-state index in [2.05, 4.69) is 248 Å². The first kappa shape index (κ1) is 33.4. The Morgan fingerprint density at radius 1 is 0.583 bits per heavy atom. The molecule has 146 valence electrons. The molecule has 0 fully saturated rings. The van der Waals surface area contributed by atoms with Gasteiger partial charge in [-0.2, -0.15) is 8.42 Å². The molecule has 0 saturated heterocycles. The Morgan fingerprint density at radius 2 is 0.875 bits per heavy atom. The third-order valence-electron chi connectivity index (χ3n) is 2.44. The van der Waals surface area contributed by atoms with Gasteiger partial charge in [0.05, 0.1) is 7.11 Å². The molecule has 24 heavy (non-hydrogen) atoms. The molecule has 0 aliphatic heterocycles. The van der Waals surface area contributed by atoms with Gasteiger partial charge in [-0.05, 0) is 45.2 Å². The molecule has 0 amide bonds. The lowest BCUT2D eigenvalue weighted by molar-refractivity contribution is 0.394. The minimum absolute atomic E-state index is 0.0753. The van der Waals surface area contributed by atoms with Crippen molar-refractivity contribution in [1.29, 1.82) is 0 Å². The maximum atomic E-state index is 12.6. The third-order valence-corrected chi connectivity index (χ3v) is 47.5. The highest BCUT2D eigenvalue weighted by Crippen LogP contribution is 2.76. The maximum Gasteiger partial charge on any atom is 0.293 e. The van der Waals surface area contributed by atoms with Crippen molar-refractivity contribution in [2.24, 2.45) is 0 Å². The fraction of sp³-hybridized carbons (Fsp3) is 1.00. The van der Waals surface area contributed by atoms with Crippen molar-refractivity contribution >= 4 is 304 Å². The van der Waals surface area contributed by atoms with Crippen LogP contribution in [0.2, 0.25) is 0 Å². The molecule has 0 N–H and O–H groups in total. The molecule has 0 aromatic rings. The summed E-state index contributed by atoms with van der Waals surface area (Å²) in [7, 11) is -2.53. The zero-order valence-electron chi connectivity index (χ0n) is 10.5. The second-order valence-corrected chi connectivity index (χ2v) is 44.8. The van der Waals surface area contributed by atoms with Crippen LogP contribution in [-0.4, -0.2) is 21.4 Å². The standard InChI is InChI=1S/C7H3I13O3S/c1-23-24(21,22)7(19,20)5(14,15)3(10,11)2(8,9)4(12,13)6(16,17)18/h1H3. The topological polar surface area (TPSA) is 43.4 Å². The fourth-order valence-corrected chi connectivity index (χ4v) is 20.9. The molecule has 0 aliphatic rings. The average Bonchev–Trinajstić information content (AvgIpc) is 2.36. The largest absolute Gasteiger partial charge is 0.293 e. The quantitative estimate of drug-likeness (QED) is 0.145. The Bertz CT molecular complexity index is 575. The van der Waals surface area contributed by atoms with Gasteiger partial charge in [-0.3, -0.25) is 4.18 Å². The SMILES string of the molecule is COS(=O)(=O)C(I)(I)C(I)(I)C(I)(I)C(I)(I)C(I)(I)C(I)(I)I. The summed E-state index contributed by atoms with van der Waals surface area (Å²) in [6, 6.07) is 0. The van der Waals surface area contributed by atoms with Crippen molar-refractivity contribution in [1.82, 2.24) is 0 Å². The molecule has 3 nitrogen and oxygen atoms in total. The summed E-state index contributed by atoms with van der Waals surface area (Å²) < 4.78 is 27.3. The van der Waals surface area contributed by atoms with Gasteiger partial charge in [-0.25, -0.2) is 0 Å². The first-order valence-corrected chi connectivity index (χ1v) is 20.3. The van der Waals surface area contributed by atoms with Gasteiger partial charge < -0.3 is 0 Å². The molecule has 0 aromatic heterocycles. The Hall–Kier alpha value is 9.40. The Labute approximate surface area is 319 Å². The van der Waals surface area contributed by atoms with Crippen LogP contribution in [0.5, 0.6) is 0 Å². The van der Waals surface area contributed by atoms with E-state index in [1.165, 1.54) is 7.11 Å². The molecular formula is C7H3I13O3S. The molecule has 0 saturated carbocycles. The van der Waals surface area contributed by atoms with Gasteiger partial charge in [0, 0.05) is 0 Å². The number of halogens is 13. The smallest absolute Gasteiger partial charge is 0.272 e. The first-order valence-electron chi connectivity index (χ1n) is 4.82. The number of rotatable bonds is 7. The number of alkyl halides is 13. The van der Waals surface area contributed by atoms with Crippen LogP contribution in [0.1, 0.15) is 0 Å². The van der Waals surface area contributed by atoms with Crippen LogP contribution in [-0.2, 0) is 14.3 Å². The van der Waals surface area contributed by atoms with Crippen LogP contribution in [0.4, 0.5) is 0 Å². The molecule has 0 aliphatic carbocycles. The van der Waals surface area contributed by atoms with E-state index >= 15 is 0 Å². The summed E-state index contributed by atoms with van der Waals surface area (Å²) in [5.74, 6) is 0. The van der Waals surface area contributed by atoms with Crippen molar-refractivity contribution in [3.8, 4) is 0 Å². The summed E-state index contributed by atoms with van der Waals surface area (Å²) in [5, 5.41) is 0. The molecule has 17 heteroatoms. The van der Waals surface area contributed by atoms with Crippen LogP contribution in [0.15, 0.2) is 0 Å². The zero-order valence-corrected chi connectivity index (χ0v) is 39.4. The maximum absolute atomic E-state index is 12.6. The van der Waals surface area contributed by atoms with Crippen LogP contribution in [0.3, 0.4) is 0 Å². The van der Waals surface area contributed by atoms with Crippen molar-refractivity contribution in [2.75, 3.05) is 7.11 Å². The average molecular weight is 1820 g/mol. The van der Waals surface area contributed by atoms with Gasteiger partial charge >= 0.3 is 0 Å². The molecule has 0 radical (unpaired) electrons. The Balaban J connectivity index is 6.52. The molecule has 0 aromatic carbocycles. The van der Waals surface area contributed by atoms with Crippen LogP contribution < -0.4 is 0 Å². The second-order valence-electron chi connectivity index (χ2n) is 3.93. The van der Waals surface area contributed by atoms with Gasteiger partial charge in [-0.15, -0.1) is 0 Å². The normalized spacial score (nSPS) is 16.4. The van der Waals surface area contributed by atoms with Gasteiger partial charge in [-0.1, -0.05) is 248 Å². The van der Waals surface area contributed by atoms with E-state index in [0.29, 0.717) is 0 Å². The predicted octanol–water partition coefficient (Wildman–Crippen LogP) is 9.71. The summed E-state index contributed by atoms with van der Waals surface area (Å²) in [6.45, 7) is 0. The highest BCUT2D eigenvalue weighted by molar-refractivity contribution is 14.3. The molecule has 0 spiro atoms. The highest BCUT2D eigenvalue weighted by atomic mass is 127. The van der Waals surface area contributed by atoms with E-state index < -0.39 is 13.7 Å². The fourth-order valence-electron chi connectivity index (χ4n) is 1.02. The van der Waals surface area contributed by atoms with Crippen molar-refractivity contribution in [2.45, 2.75) is 5.91 Å². The van der Waals surface area contributed by atoms with Gasteiger partial charge in [0.15, 0.2) is 0 Å². The van der Waals surface area contributed by atoms with Crippen molar-refractivity contribution < 1.29 is 12.6 Å². The number of hydrogen-bond acceptors (Lipinski definition) is 3. The van der Waals surface area contributed by atoms with E-state index in [4.69, 9.17) is 4.18 Å². The zero-order chi connectivity index (χ0) is 20.2. The van der Waals surface area contributed by atoms with Crippen molar-refractivity contribution in [3.05, 3.63) is 0 Å². The molecule has 0 bridgehead atoms. The molecule has 0 rings (SSSR count). The van der Waals surface area contributed by atoms with Crippen LogP contribution in [0.25, 0.3) is 0 Å². The van der Waals surface area contributed by atoms with Gasteiger partial charge in [0.1, 0.15) is 5.15 Å². The minimum Gasteiger partial charge on any atom is -0.272 e. The molecule has 0 atom stereocenters. The Kier molecular flexibility index (Phi) is 16.2. The van der Waals surface area contributed by atoms with E-state index in [1.54, 1.807) is 0 Å². The van der Waals surface area contributed by atoms with E-state index in [-0.39, 0.29) is 2.29 Å². The van der Waals surface area contributed by atoms with E-state index in [1.807, 2.05) is 45.2 Å². The van der Waals surface area contributed by atoms with Crippen molar-refractivity contribution in [3.63, 3.8) is 0 Å². The van der Waals surface area contributed by atoms with E-state index in [0.717, 1.165) is 0 Å². The van der Waals surface area contributed by atoms with E-state index in [9.17, 15) is 8.42 Å². The minimum atomic E-state index is -3.75. The monoisotopic (exact) mass is 1820 g/mol. The lowest BCUT2D eigenvalue weighted by Crippen LogP contribution is -2.64. The highest BCUT2D eigenvalue weighted by Gasteiger charge is 2.74. The lowest BCUT2D eigenvalue weighted by atomic mass is 10.2. The Morgan fingerprint density at radius 3 is 1.12 bits per heavy atom.